The summed E-state index contributed by atoms with van der Waals surface area (Å²) in [6.07, 6.45) is 0.0695. The van der Waals surface area contributed by atoms with Crippen molar-refractivity contribution in [2.24, 2.45) is 0 Å². The number of benzene rings is 1. The summed E-state index contributed by atoms with van der Waals surface area (Å²) in [4.78, 5) is 16.1. The number of aryl methyl sites for hydroxylation is 1. The van der Waals surface area contributed by atoms with Crippen LogP contribution in [-0.4, -0.2) is 9.55 Å². The van der Waals surface area contributed by atoms with Crippen molar-refractivity contribution in [2.75, 3.05) is 0 Å². The molecule has 0 saturated carbocycles. The molecule has 0 unspecified atom stereocenters. The third kappa shape index (κ3) is 3.76. The van der Waals surface area contributed by atoms with E-state index in [4.69, 9.17) is 0 Å². The van der Waals surface area contributed by atoms with Gasteiger partial charge in [-0.25, -0.2) is 8.78 Å². The van der Waals surface area contributed by atoms with E-state index >= 15 is 0 Å². The van der Waals surface area contributed by atoms with Crippen LogP contribution in [0.3, 0.4) is 0 Å². The third-order valence-electron chi connectivity index (χ3n) is 4.52. The van der Waals surface area contributed by atoms with Gasteiger partial charge in [-0.05, 0) is 36.1 Å². The number of unbranched alkanes of at least 4 members (excludes halogenated alkanes) is 2. The summed E-state index contributed by atoms with van der Waals surface area (Å²) in [5.74, 6) is -2.65. The number of fused-ring (bicyclic) bond motifs is 1. The van der Waals surface area contributed by atoms with Crippen LogP contribution in [0, 0.1) is 11.6 Å². The lowest BCUT2D eigenvalue weighted by Gasteiger charge is -2.11. The normalized spacial score (nSPS) is 11.9. The van der Waals surface area contributed by atoms with Crippen molar-refractivity contribution in [1.29, 1.82) is 0 Å². The average Bonchev–Trinajstić information content (AvgIpc) is 2.65. The molecule has 3 rings (SSSR count). The van der Waals surface area contributed by atoms with E-state index in [0.29, 0.717) is 12.7 Å². The molecule has 0 aliphatic heterocycles. The first kappa shape index (κ1) is 20.0. The minimum absolute atomic E-state index is 0.154. The Morgan fingerprint density at radius 1 is 1.07 bits per heavy atom. The summed E-state index contributed by atoms with van der Waals surface area (Å²) in [6, 6.07) is 4.42. The molecule has 0 spiro atoms. The first-order chi connectivity index (χ1) is 13.2. The van der Waals surface area contributed by atoms with Gasteiger partial charge in [-0.15, -0.1) is 0 Å². The number of rotatable bonds is 5. The van der Waals surface area contributed by atoms with Gasteiger partial charge in [-0.3, -0.25) is 9.78 Å². The van der Waals surface area contributed by atoms with Crippen LogP contribution in [0.5, 0.6) is 0 Å². The van der Waals surface area contributed by atoms with Gasteiger partial charge in [0.15, 0.2) is 11.6 Å². The Morgan fingerprint density at radius 2 is 1.82 bits per heavy atom. The lowest BCUT2D eigenvalue weighted by atomic mass is 10.0. The highest BCUT2D eigenvalue weighted by Crippen LogP contribution is 2.32. The number of hydrogen-bond acceptors (Lipinski definition) is 2. The first-order valence-corrected chi connectivity index (χ1v) is 8.78. The molecule has 0 aliphatic carbocycles. The van der Waals surface area contributed by atoms with Crippen LogP contribution in [0.25, 0.3) is 22.0 Å². The highest BCUT2D eigenvalue weighted by atomic mass is 19.4. The van der Waals surface area contributed by atoms with Crippen LogP contribution in [-0.2, 0) is 12.7 Å². The van der Waals surface area contributed by atoms with Crippen LogP contribution in [0.4, 0.5) is 22.0 Å². The fourth-order valence-corrected chi connectivity index (χ4v) is 2.99. The summed E-state index contributed by atoms with van der Waals surface area (Å²) in [6.45, 7) is 2.40. The topological polar surface area (TPSA) is 34.9 Å². The number of nitrogens with zero attached hydrogens (tertiary/aromatic N) is 2. The lowest BCUT2D eigenvalue weighted by molar-refractivity contribution is -0.137. The zero-order valence-corrected chi connectivity index (χ0v) is 15.0. The van der Waals surface area contributed by atoms with Gasteiger partial charge in [0, 0.05) is 24.5 Å². The van der Waals surface area contributed by atoms with Crippen molar-refractivity contribution < 1.29 is 22.0 Å². The number of aromatic nitrogens is 2. The van der Waals surface area contributed by atoms with E-state index in [-0.39, 0.29) is 22.0 Å². The van der Waals surface area contributed by atoms with Gasteiger partial charge in [0.2, 0.25) is 0 Å². The van der Waals surface area contributed by atoms with Crippen molar-refractivity contribution in [3.05, 3.63) is 64.2 Å². The SMILES string of the molecule is CCCCCn1ccc2cc(-c3ccc(C(F)(F)F)cn3)c(F)c(F)c2c1=O. The molecule has 1 aromatic carbocycles. The molecule has 0 N–H and O–H groups in total. The Hall–Kier alpha value is -2.77. The van der Waals surface area contributed by atoms with Gasteiger partial charge < -0.3 is 4.57 Å². The molecule has 0 aliphatic rings. The Balaban J connectivity index is 2.08. The summed E-state index contributed by atoms with van der Waals surface area (Å²) < 4.78 is 68.5. The number of halogens is 5. The second kappa shape index (κ2) is 7.69. The molecule has 0 atom stereocenters. The van der Waals surface area contributed by atoms with Gasteiger partial charge in [0.25, 0.3) is 5.56 Å². The van der Waals surface area contributed by atoms with Crippen LogP contribution in [0.1, 0.15) is 31.7 Å². The van der Waals surface area contributed by atoms with Gasteiger partial charge >= 0.3 is 6.18 Å². The average molecular weight is 396 g/mol. The van der Waals surface area contributed by atoms with E-state index in [1.165, 1.54) is 22.9 Å². The van der Waals surface area contributed by atoms with Crippen LogP contribution >= 0.6 is 0 Å². The van der Waals surface area contributed by atoms with Crippen LogP contribution in [0.2, 0.25) is 0 Å². The highest BCUT2D eigenvalue weighted by Gasteiger charge is 2.31. The van der Waals surface area contributed by atoms with Crippen molar-refractivity contribution in [3.63, 3.8) is 0 Å². The third-order valence-corrected chi connectivity index (χ3v) is 4.52. The molecule has 3 nitrogen and oxygen atoms in total. The maximum absolute atomic E-state index is 14.6. The minimum atomic E-state index is -4.58. The molecule has 0 amide bonds. The summed E-state index contributed by atoms with van der Waals surface area (Å²) in [5, 5.41) is -0.223. The van der Waals surface area contributed by atoms with E-state index in [1.807, 2.05) is 6.92 Å². The van der Waals surface area contributed by atoms with Crippen LogP contribution in [0.15, 0.2) is 41.5 Å². The van der Waals surface area contributed by atoms with Crippen molar-refractivity contribution >= 4 is 10.8 Å². The van der Waals surface area contributed by atoms with Gasteiger partial charge in [0.05, 0.1) is 16.6 Å². The minimum Gasteiger partial charge on any atom is -0.315 e. The van der Waals surface area contributed by atoms with E-state index in [1.54, 1.807) is 0 Å². The maximum atomic E-state index is 14.6. The molecule has 0 fully saturated rings. The van der Waals surface area contributed by atoms with Gasteiger partial charge in [-0.1, -0.05) is 19.8 Å². The van der Waals surface area contributed by atoms with E-state index in [2.05, 4.69) is 4.98 Å². The summed E-state index contributed by atoms with van der Waals surface area (Å²) >= 11 is 0. The molecule has 2 heterocycles. The Bertz CT molecular complexity index is 1060. The number of alkyl halides is 3. The zero-order chi connectivity index (χ0) is 20.5. The van der Waals surface area contributed by atoms with Crippen molar-refractivity contribution in [3.8, 4) is 11.3 Å². The molecule has 0 radical (unpaired) electrons. The predicted molar refractivity (Wildman–Crippen MR) is 95.9 cm³/mol. The molecule has 8 heteroatoms. The van der Waals surface area contributed by atoms with Gasteiger partial charge in [-0.2, -0.15) is 13.2 Å². The van der Waals surface area contributed by atoms with E-state index in [0.717, 1.165) is 31.4 Å². The van der Waals surface area contributed by atoms with Crippen molar-refractivity contribution in [1.82, 2.24) is 9.55 Å². The zero-order valence-electron chi connectivity index (χ0n) is 15.0. The second-order valence-corrected chi connectivity index (χ2v) is 6.47. The van der Waals surface area contributed by atoms with E-state index in [9.17, 15) is 26.7 Å². The first-order valence-electron chi connectivity index (χ1n) is 8.78. The Morgan fingerprint density at radius 3 is 2.43 bits per heavy atom. The molecule has 0 bridgehead atoms. The van der Waals surface area contributed by atoms with Crippen molar-refractivity contribution in [2.45, 2.75) is 38.9 Å². The maximum Gasteiger partial charge on any atom is 0.417 e. The molecule has 148 valence electrons. The molecule has 2 aromatic heterocycles. The van der Waals surface area contributed by atoms with Gasteiger partial charge in [0.1, 0.15) is 0 Å². The summed E-state index contributed by atoms with van der Waals surface area (Å²) in [7, 11) is 0. The second-order valence-electron chi connectivity index (χ2n) is 6.47. The summed E-state index contributed by atoms with van der Waals surface area (Å²) in [5.41, 5.74) is -2.09. The van der Waals surface area contributed by atoms with Crippen LogP contribution < -0.4 is 5.56 Å². The standard InChI is InChI=1S/C20H17F5N2O/c1-2-3-4-8-27-9-7-12-10-14(17(21)18(22)16(12)19(27)28)15-6-5-13(11-26-15)20(23,24)25/h5-7,9-11H,2-4,8H2,1H3. The molecule has 0 saturated heterocycles. The quantitative estimate of drug-likeness (QED) is 0.419. The largest absolute Gasteiger partial charge is 0.417 e. The molecular formula is C20H17F5N2O. The molecule has 28 heavy (non-hydrogen) atoms. The predicted octanol–water partition coefficient (Wildman–Crippen LogP) is 5.55. The molecular weight excluding hydrogens is 379 g/mol. The lowest BCUT2D eigenvalue weighted by Crippen LogP contribution is -2.21. The smallest absolute Gasteiger partial charge is 0.315 e. The van der Waals surface area contributed by atoms with E-state index < -0.39 is 28.9 Å². The fourth-order valence-electron chi connectivity index (χ4n) is 2.99. The fraction of sp³-hybridized carbons (Fsp3) is 0.300. The highest BCUT2D eigenvalue weighted by molar-refractivity contribution is 5.87. The number of hydrogen-bond donors (Lipinski definition) is 0. The number of pyridine rings is 2. The molecule has 3 aromatic rings. The Labute approximate surface area is 157 Å². The monoisotopic (exact) mass is 396 g/mol. The Kier molecular flexibility index (Phi) is 5.49.